The molecule has 1 amide bonds. The Morgan fingerprint density at radius 3 is 2.30 bits per heavy atom. The van der Waals surface area contributed by atoms with Crippen molar-refractivity contribution in [3.8, 4) is 0 Å². The van der Waals surface area contributed by atoms with E-state index in [2.05, 4.69) is 21.2 Å². The Kier molecular flexibility index (Phi) is 3.88. The molecule has 1 heterocycles. The fourth-order valence-corrected chi connectivity index (χ4v) is 2.04. The van der Waals surface area contributed by atoms with E-state index >= 15 is 0 Å². The summed E-state index contributed by atoms with van der Waals surface area (Å²) in [5, 5.41) is 6.81. The maximum absolute atomic E-state index is 12.4. The van der Waals surface area contributed by atoms with Crippen molar-refractivity contribution in [1.82, 2.24) is 15.2 Å². The first-order valence-corrected chi connectivity index (χ1v) is 6.67. The molecule has 106 valence electrons. The number of hydrogen-bond donors (Lipinski definition) is 1. The van der Waals surface area contributed by atoms with E-state index in [-0.39, 0.29) is 17.6 Å². The summed E-state index contributed by atoms with van der Waals surface area (Å²) in [5.74, 6) is 0.936. The molecule has 1 aromatic heterocycles. The normalized spacial score (nSPS) is 10.9. The molecular formula is C15H20N4O. The van der Waals surface area contributed by atoms with Crippen molar-refractivity contribution in [3.05, 3.63) is 41.0 Å². The third-order valence-electron chi connectivity index (χ3n) is 3.14. The first-order chi connectivity index (χ1) is 9.38. The number of nitrogens with zero attached hydrogens (tertiary/aromatic N) is 3. The van der Waals surface area contributed by atoms with Crippen LogP contribution in [0.2, 0.25) is 0 Å². The van der Waals surface area contributed by atoms with Gasteiger partial charge in [-0.1, -0.05) is 19.9 Å². The van der Waals surface area contributed by atoms with Gasteiger partial charge in [-0.2, -0.15) is 0 Å². The van der Waals surface area contributed by atoms with Gasteiger partial charge in [0.25, 0.3) is 5.91 Å². The quantitative estimate of drug-likeness (QED) is 0.934. The number of hydrogen-bond acceptors (Lipinski definition) is 3. The molecule has 0 aliphatic heterocycles. The summed E-state index contributed by atoms with van der Waals surface area (Å²) >= 11 is 0. The number of benzene rings is 1. The summed E-state index contributed by atoms with van der Waals surface area (Å²) < 4.78 is 0. The number of aromatic amines is 1. The third kappa shape index (κ3) is 2.87. The van der Waals surface area contributed by atoms with E-state index < -0.39 is 0 Å². The highest BCUT2D eigenvalue weighted by atomic mass is 16.2. The number of rotatable bonds is 3. The topological polar surface area (TPSA) is 61.9 Å². The highest BCUT2D eigenvalue weighted by molar-refractivity contribution is 6.03. The second-order valence-electron chi connectivity index (χ2n) is 5.41. The Labute approximate surface area is 119 Å². The van der Waals surface area contributed by atoms with E-state index in [1.165, 1.54) is 0 Å². The van der Waals surface area contributed by atoms with E-state index in [4.69, 9.17) is 0 Å². The predicted molar refractivity (Wildman–Crippen MR) is 79.1 cm³/mol. The molecule has 0 saturated heterocycles. The molecule has 1 aromatic carbocycles. The molecular weight excluding hydrogens is 252 g/mol. The maximum atomic E-state index is 12.4. The highest BCUT2D eigenvalue weighted by Crippen LogP contribution is 2.19. The monoisotopic (exact) mass is 272 g/mol. The van der Waals surface area contributed by atoms with Crippen LogP contribution in [-0.2, 0) is 0 Å². The second kappa shape index (κ2) is 5.45. The van der Waals surface area contributed by atoms with Crippen LogP contribution in [0.25, 0.3) is 0 Å². The molecule has 0 atom stereocenters. The lowest BCUT2D eigenvalue weighted by Crippen LogP contribution is -2.27. The van der Waals surface area contributed by atoms with Gasteiger partial charge in [-0.05, 0) is 37.1 Å². The second-order valence-corrected chi connectivity index (χ2v) is 5.41. The van der Waals surface area contributed by atoms with Gasteiger partial charge in [0.1, 0.15) is 5.82 Å². The van der Waals surface area contributed by atoms with Crippen LogP contribution in [0.3, 0.4) is 0 Å². The van der Waals surface area contributed by atoms with Crippen LogP contribution in [0.5, 0.6) is 0 Å². The van der Waals surface area contributed by atoms with E-state index in [0.29, 0.717) is 0 Å². The average molecular weight is 272 g/mol. The first-order valence-electron chi connectivity index (χ1n) is 6.67. The fraction of sp³-hybridized carbons (Fsp3) is 0.400. The number of carbonyl (C=O) groups is 1. The van der Waals surface area contributed by atoms with Crippen LogP contribution < -0.4 is 4.90 Å². The zero-order valence-electron chi connectivity index (χ0n) is 12.6. The number of amides is 1. The molecule has 0 fully saturated rings. The molecule has 0 aliphatic rings. The number of aromatic nitrogens is 3. The fourth-order valence-electron chi connectivity index (χ4n) is 2.04. The largest absolute Gasteiger partial charge is 0.309 e. The van der Waals surface area contributed by atoms with Gasteiger partial charge in [-0.3, -0.25) is 9.89 Å². The Morgan fingerprint density at radius 1 is 1.20 bits per heavy atom. The van der Waals surface area contributed by atoms with E-state index in [0.717, 1.165) is 22.6 Å². The Bertz CT molecular complexity index is 610. The summed E-state index contributed by atoms with van der Waals surface area (Å²) in [5.41, 5.74) is 3.10. The van der Waals surface area contributed by atoms with Crippen molar-refractivity contribution in [1.29, 1.82) is 0 Å². The minimum atomic E-state index is -0.210. The van der Waals surface area contributed by atoms with Gasteiger partial charge >= 0.3 is 0 Å². The molecule has 0 unspecified atom stereocenters. The van der Waals surface area contributed by atoms with Gasteiger partial charge in [-0.25, -0.2) is 4.98 Å². The smallest absolute Gasteiger partial charge is 0.297 e. The van der Waals surface area contributed by atoms with Gasteiger partial charge in [0.2, 0.25) is 5.82 Å². The summed E-state index contributed by atoms with van der Waals surface area (Å²) in [6.07, 6.45) is 0. The molecule has 0 bridgehead atoms. The van der Waals surface area contributed by atoms with E-state index in [1.54, 1.807) is 11.9 Å². The molecule has 1 N–H and O–H groups in total. The number of H-pyrrole nitrogens is 1. The van der Waals surface area contributed by atoms with Crippen LogP contribution in [0, 0.1) is 13.8 Å². The van der Waals surface area contributed by atoms with Gasteiger partial charge in [0, 0.05) is 18.7 Å². The highest BCUT2D eigenvalue weighted by Gasteiger charge is 2.19. The third-order valence-corrected chi connectivity index (χ3v) is 3.14. The Morgan fingerprint density at radius 2 is 1.80 bits per heavy atom. The van der Waals surface area contributed by atoms with E-state index in [1.807, 2.05) is 39.8 Å². The Balaban J connectivity index is 2.27. The molecule has 2 aromatic rings. The van der Waals surface area contributed by atoms with Crippen LogP contribution >= 0.6 is 0 Å². The van der Waals surface area contributed by atoms with E-state index in [9.17, 15) is 4.79 Å². The minimum absolute atomic E-state index is 0.204. The summed E-state index contributed by atoms with van der Waals surface area (Å²) in [6.45, 7) is 8.03. The molecule has 0 spiro atoms. The van der Waals surface area contributed by atoms with Crippen molar-refractivity contribution in [2.75, 3.05) is 11.9 Å². The van der Waals surface area contributed by atoms with Gasteiger partial charge < -0.3 is 4.90 Å². The minimum Gasteiger partial charge on any atom is -0.309 e. The lowest BCUT2D eigenvalue weighted by molar-refractivity contribution is 0.0983. The Hall–Kier alpha value is -2.17. The van der Waals surface area contributed by atoms with Crippen LogP contribution in [0.4, 0.5) is 5.69 Å². The zero-order valence-corrected chi connectivity index (χ0v) is 12.6. The lowest BCUT2D eigenvalue weighted by atomic mass is 10.1. The molecule has 5 heteroatoms. The van der Waals surface area contributed by atoms with Crippen molar-refractivity contribution in [2.24, 2.45) is 0 Å². The van der Waals surface area contributed by atoms with Gasteiger partial charge in [-0.15, -0.1) is 5.10 Å². The lowest BCUT2D eigenvalue weighted by Gasteiger charge is -2.16. The molecule has 20 heavy (non-hydrogen) atoms. The van der Waals surface area contributed by atoms with Crippen LogP contribution in [0.1, 0.15) is 47.3 Å². The molecule has 5 nitrogen and oxygen atoms in total. The standard InChI is InChI=1S/C15H20N4O/c1-9(2)13-16-14(18-17-13)15(20)19(5)12-7-10(3)6-11(4)8-12/h6-9H,1-5H3,(H,16,17,18). The maximum Gasteiger partial charge on any atom is 0.297 e. The molecule has 0 saturated carbocycles. The summed E-state index contributed by atoms with van der Waals surface area (Å²) in [7, 11) is 1.74. The van der Waals surface area contributed by atoms with Crippen molar-refractivity contribution in [3.63, 3.8) is 0 Å². The number of anilines is 1. The average Bonchev–Trinajstić information content (AvgIpc) is 2.85. The SMILES string of the molecule is Cc1cc(C)cc(N(C)C(=O)c2n[nH]c(C(C)C)n2)c1. The molecule has 0 aliphatic carbocycles. The molecule has 2 rings (SSSR count). The number of nitrogens with one attached hydrogen (secondary N) is 1. The van der Waals surface area contributed by atoms with Gasteiger partial charge in [0.15, 0.2) is 0 Å². The van der Waals surface area contributed by atoms with Crippen molar-refractivity contribution < 1.29 is 4.79 Å². The first kappa shape index (κ1) is 14.2. The van der Waals surface area contributed by atoms with Gasteiger partial charge in [0.05, 0.1) is 0 Å². The van der Waals surface area contributed by atoms with Crippen molar-refractivity contribution >= 4 is 11.6 Å². The number of aryl methyl sites for hydroxylation is 2. The number of carbonyl (C=O) groups excluding carboxylic acids is 1. The summed E-state index contributed by atoms with van der Waals surface area (Å²) in [4.78, 5) is 18.2. The zero-order chi connectivity index (χ0) is 14.9. The summed E-state index contributed by atoms with van der Waals surface area (Å²) in [6, 6.07) is 6.02. The predicted octanol–water partition coefficient (Wildman–Crippen LogP) is 2.82. The molecule has 0 radical (unpaired) electrons. The van der Waals surface area contributed by atoms with Crippen LogP contribution in [0.15, 0.2) is 18.2 Å². The van der Waals surface area contributed by atoms with Crippen molar-refractivity contribution in [2.45, 2.75) is 33.6 Å². The van der Waals surface area contributed by atoms with Crippen LogP contribution in [-0.4, -0.2) is 28.1 Å².